The fourth-order valence-electron chi connectivity index (χ4n) is 1.45. The Labute approximate surface area is 77.4 Å². The van der Waals surface area contributed by atoms with Gasteiger partial charge in [0.1, 0.15) is 11.4 Å². The molecule has 0 unspecified atom stereocenters. The molecule has 1 aliphatic rings. The zero-order valence-electron chi connectivity index (χ0n) is 7.58. The van der Waals surface area contributed by atoms with Crippen LogP contribution in [0, 0.1) is 0 Å². The fraction of sp³-hybridized carbons (Fsp3) is 0.300. The first kappa shape index (κ1) is 8.26. The van der Waals surface area contributed by atoms with Gasteiger partial charge < -0.3 is 10.1 Å². The van der Waals surface area contributed by atoms with Gasteiger partial charge in [-0.3, -0.25) is 4.98 Å². The van der Waals surface area contributed by atoms with Gasteiger partial charge in [0.25, 0.3) is 0 Å². The van der Waals surface area contributed by atoms with Crippen LogP contribution in [0.3, 0.4) is 0 Å². The fourth-order valence-corrected chi connectivity index (χ4v) is 1.45. The number of hydrogen-bond acceptors (Lipinski definition) is 3. The molecule has 1 aromatic heterocycles. The number of pyridine rings is 1. The summed E-state index contributed by atoms with van der Waals surface area (Å²) >= 11 is 0. The van der Waals surface area contributed by atoms with Crippen LogP contribution in [0.4, 0.5) is 0 Å². The average Bonchev–Trinajstić information content (AvgIpc) is 2.70. The molecule has 0 spiro atoms. The van der Waals surface area contributed by atoms with E-state index in [4.69, 9.17) is 4.74 Å². The summed E-state index contributed by atoms with van der Waals surface area (Å²) in [5.41, 5.74) is 2.17. The molecule has 1 aliphatic heterocycles. The molecule has 13 heavy (non-hydrogen) atoms. The van der Waals surface area contributed by atoms with Crippen LogP contribution in [0.25, 0.3) is 5.57 Å². The Balaban J connectivity index is 2.38. The quantitative estimate of drug-likeness (QED) is 0.732. The summed E-state index contributed by atoms with van der Waals surface area (Å²) in [5.74, 6) is 0.845. The van der Waals surface area contributed by atoms with E-state index in [1.165, 1.54) is 5.57 Å². The van der Waals surface area contributed by atoms with Crippen molar-refractivity contribution in [3.8, 4) is 5.75 Å². The van der Waals surface area contributed by atoms with Gasteiger partial charge in [-0.15, -0.1) is 0 Å². The Morgan fingerprint density at radius 3 is 3.15 bits per heavy atom. The zero-order chi connectivity index (χ0) is 9.10. The minimum Gasteiger partial charge on any atom is -0.494 e. The first-order chi connectivity index (χ1) is 6.42. The second-order valence-electron chi connectivity index (χ2n) is 2.91. The average molecular weight is 176 g/mol. The number of methoxy groups -OCH3 is 1. The van der Waals surface area contributed by atoms with Gasteiger partial charge in [0.05, 0.1) is 7.11 Å². The van der Waals surface area contributed by atoms with Crippen molar-refractivity contribution in [1.29, 1.82) is 0 Å². The topological polar surface area (TPSA) is 34.1 Å². The van der Waals surface area contributed by atoms with E-state index >= 15 is 0 Å². The Bertz CT molecular complexity index is 333. The van der Waals surface area contributed by atoms with Crippen LogP contribution < -0.4 is 10.1 Å². The molecule has 0 aliphatic carbocycles. The highest BCUT2D eigenvalue weighted by Gasteiger charge is 2.11. The van der Waals surface area contributed by atoms with E-state index in [9.17, 15) is 0 Å². The molecule has 1 aromatic rings. The molecule has 68 valence electrons. The Hall–Kier alpha value is -1.35. The van der Waals surface area contributed by atoms with Crippen LogP contribution in [0.1, 0.15) is 5.69 Å². The molecule has 0 atom stereocenters. The van der Waals surface area contributed by atoms with Crippen molar-refractivity contribution in [2.45, 2.75) is 0 Å². The number of hydrogen-bond donors (Lipinski definition) is 1. The maximum atomic E-state index is 5.23. The number of nitrogens with zero attached hydrogens (tertiary/aromatic N) is 1. The smallest absolute Gasteiger partial charge is 0.144 e. The number of rotatable bonds is 2. The molecule has 0 fully saturated rings. The van der Waals surface area contributed by atoms with Crippen LogP contribution in [0.15, 0.2) is 24.4 Å². The van der Waals surface area contributed by atoms with E-state index < -0.39 is 0 Å². The third-order valence-electron chi connectivity index (χ3n) is 2.10. The van der Waals surface area contributed by atoms with Gasteiger partial charge in [0.2, 0.25) is 0 Å². The van der Waals surface area contributed by atoms with Crippen LogP contribution >= 0.6 is 0 Å². The lowest BCUT2D eigenvalue weighted by Crippen LogP contribution is -2.08. The Morgan fingerprint density at radius 1 is 1.54 bits per heavy atom. The van der Waals surface area contributed by atoms with Crippen molar-refractivity contribution in [3.05, 3.63) is 30.1 Å². The molecular formula is C10H12N2O. The Kier molecular flexibility index (Phi) is 2.27. The van der Waals surface area contributed by atoms with Crippen LogP contribution in [0.5, 0.6) is 5.75 Å². The normalized spacial score (nSPS) is 15.6. The highest BCUT2D eigenvalue weighted by atomic mass is 16.5. The third-order valence-corrected chi connectivity index (χ3v) is 2.10. The molecule has 0 saturated carbocycles. The van der Waals surface area contributed by atoms with Crippen LogP contribution in [-0.2, 0) is 0 Å². The number of aromatic nitrogens is 1. The van der Waals surface area contributed by atoms with Crippen molar-refractivity contribution in [2.75, 3.05) is 20.2 Å². The van der Waals surface area contributed by atoms with Gasteiger partial charge in [-0.05, 0) is 17.7 Å². The standard InChI is InChI=1S/C10H12N2O/c1-13-9-3-2-5-12-10(9)8-4-6-11-7-8/h2-5,11H,6-7H2,1H3. The lowest BCUT2D eigenvalue weighted by molar-refractivity contribution is 0.411. The first-order valence-corrected chi connectivity index (χ1v) is 4.31. The third kappa shape index (κ3) is 1.55. The minimum absolute atomic E-state index is 0.845. The number of nitrogens with one attached hydrogen (secondary N) is 1. The molecular weight excluding hydrogens is 164 g/mol. The van der Waals surface area contributed by atoms with Crippen molar-refractivity contribution in [1.82, 2.24) is 10.3 Å². The summed E-state index contributed by atoms with van der Waals surface area (Å²) in [7, 11) is 1.67. The van der Waals surface area contributed by atoms with Gasteiger partial charge in [0, 0.05) is 19.3 Å². The van der Waals surface area contributed by atoms with Gasteiger partial charge in [-0.2, -0.15) is 0 Å². The monoisotopic (exact) mass is 176 g/mol. The van der Waals surface area contributed by atoms with Crippen molar-refractivity contribution >= 4 is 5.57 Å². The van der Waals surface area contributed by atoms with E-state index in [0.717, 1.165) is 24.5 Å². The van der Waals surface area contributed by atoms with Gasteiger partial charge in [0.15, 0.2) is 0 Å². The predicted octanol–water partition coefficient (Wildman–Crippen LogP) is 1.08. The molecule has 2 rings (SSSR count). The highest BCUT2D eigenvalue weighted by Crippen LogP contribution is 2.23. The van der Waals surface area contributed by atoms with Gasteiger partial charge >= 0.3 is 0 Å². The maximum Gasteiger partial charge on any atom is 0.144 e. The molecule has 2 heterocycles. The molecule has 3 nitrogen and oxygen atoms in total. The van der Waals surface area contributed by atoms with E-state index in [1.54, 1.807) is 13.3 Å². The second kappa shape index (κ2) is 3.58. The van der Waals surface area contributed by atoms with E-state index in [2.05, 4.69) is 16.4 Å². The molecule has 0 radical (unpaired) electrons. The molecule has 3 heteroatoms. The molecule has 0 amide bonds. The molecule has 0 bridgehead atoms. The summed E-state index contributed by atoms with van der Waals surface area (Å²) in [6, 6.07) is 3.81. The molecule has 0 aromatic carbocycles. The molecule has 1 N–H and O–H groups in total. The lowest BCUT2D eigenvalue weighted by atomic mass is 10.1. The Morgan fingerprint density at radius 2 is 2.46 bits per heavy atom. The summed E-state index contributed by atoms with van der Waals surface area (Å²) in [5, 5.41) is 3.23. The van der Waals surface area contributed by atoms with Crippen LogP contribution in [0.2, 0.25) is 0 Å². The van der Waals surface area contributed by atoms with Crippen molar-refractivity contribution in [2.24, 2.45) is 0 Å². The SMILES string of the molecule is COc1cccnc1C1=CCNC1. The zero-order valence-corrected chi connectivity index (χ0v) is 7.58. The van der Waals surface area contributed by atoms with E-state index in [1.807, 2.05) is 12.1 Å². The summed E-state index contributed by atoms with van der Waals surface area (Å²) in [6.45, 7) is 1.81. The minimum atomic E-state index is 0.845. The maximum absolute atomic E-state index is 5.23. The van der Waals surface area contributed by atoms with E-state index in [-0.39, 0.29) is 0 Å². The first-order valence-electron chi connectivity index (χ1n) is 4.31. The summed E-state index contributed by atoms with van der Waals surface area (Å²) in [6.07, 6.45) is 3.93. The van der Waals surface area contributed by atoms with Crippen molar-refractivity contribution < 1.29 is 4.74 Å². The summed E-state index contributed by atoms with van der Waals surface area (Å²) in [4.78, 5) is 4.30. The second-order valence-corrected chi connectivity index (χ2v) is 2.91. The molecule has 0 saturated heterocycles. The van der Waals surface area contributed by atoms with Gasteiger partial charge in [-0.25, -0.2) is 0 Å². The largest absolute Gasteiger partial charge is 0.494 e. The van der Waals surface area contributed by atoms with Crippen molar-refractivity contribution in [3.63, 3.8) is 0 Å². The summed E-state index contributed by atoms with van der Waals surface area (Å²) < 4.78 is 5.23. The number of ether oxygens (including phenoxy) is 1. The van der Waals surface area contributed by atoms with Crippen LogP contribution in [-0.4, -0.2) is 25.2 Å². The van der Waals surface area contributed by atoms with E-state index in [0.29, 0.717) is 0 Å². The predicted molar refractivity (Wildman–Crippen MR) is 51.6 cm³/mol. The van der Waals surface area contributed by atoms with Gasteiger partial charge in [-0.1, -0.05) is 6.08 Å². The highest BCUT2D eigenvalue weighted by molar-refractivity contribution is 5.70. The lowest BCUT2D eigenvalue weighted by Gasteiger charge is -2.06.